The average molecular weight is 361 g/mol. The molecule has 0 aromatic carbocycles. The minimum absolute atomic E-state index is 1.36. The summed E-state index contributed by atoms with van der Waals surface area (Å²) in [7, 11) is 0. The summed E-state index contributed by atoms with van der Waals surface area (Å²) < 4.78 is 1.43. The summed E-state index contributed by atoms with van der Waals surface area (Å²) in [6, 6.07) is 0. The maximum atomic E-state index is 8.25. The molecule has 5 heteroatoms. The van der Waals surface area contributed by atoms with Crippen molar-refractivity contribution >= 4 is 0 Å². The van der Waals surface area contributed by atoms with E-state index < -0.39 is 5.09 Å². The van der Waals surface area contributed by atoms with E-state index in [4.69, 9.17) is 15.3 Å². The molecule has 0 radical (unpaired) electrons. The van der Waals surface area contributed by atoms with Gasteiger partial charge in [0.05, 0.1) is 31.3 Å². The Bertz CT molecular complexity index is 260. The fraction of sp³-hybridized carbons (Fsp3) is 1.00. The van der Waals surface area contributed by atoms with Crippen molar-refractivity contribution in [2.45, 2.75) is 105 Å². The Kier molecular flexibility index (Phi) is 20.6. The van der Waals surface area contributed by atoms with E-state index in [-0.39, 0.29) is 0 Å². The molecule has 0 unspecified atom stereocenters. The van der Waals surface area contributed by atoms with Crippen LogP contribution in [-0.4, -0.2) is 35.7 Å². The van der Waals surface area contributed by atoms with Gasteiger partial charge in [-0.25, -0.2) is 0 Å². The van der Waals surface area contributed by atoms with Gasteiger partial charge < -0.3 is 19.8 Å². The lowest BCUT2D eigenvalue weighted by Gasteiger charge is -2.39. The van der Waals surface area contributed by atoms with Crippen molar-refractivity contribution in [3.05, 3.63) is 15.3 Å². The van der Waals surface area contributed by atoms with Gasteiger partial charge in [0.1, 0.15) is 0 Å². The fourth-order valence-corrected chi connectivity index (χ4v) is 3.38. The van der Waals surface area contributed by atoms with Gasteiger partial charge in [0.25, 0.3) is 0 Å². The average Bonchev–Trinajstić information content (AvgIpc) is 2.58. The molecular weight excluding hydrogens is 316 g/mol. The second-order valence-electron chi connectivity index (χ2n) is 7.29. The third-order valence-corrected chi connectivity index (χ3v) is 4.94. The first kappa shape index (κ1) is 26.4. The van der Waals surface area contributed by atoms with Crippen LogP contribution in [0.1, 0.15) is 105 Å². The van der Waals surface area contributed by atoms with Crippen molar-refractivity contribution in [1.29, 1.82) is 0 Å². The van der Waals surface area contributed by atoms with Crippen LogP contribution >= 0.6 is 0 Å². The minimum atomic E-state index is -1.75. The van der Waals surface area contributed by atoms with Gasteiger partial charge in [-0.05, 0) is 32.1 Å². The van der Waals surface area contributed by atoms with Crippen LogP contribution in [0.5, 0.6) is 0 Å². The van der Waals surface area contributed by atoms with Gasteiger partial charge in [0, 0.05) is 0 Å². The molecule has 0 atom stereocenters. The van der Waals surface area contributed by atoms with E-state index in [9.17, 15) is 0 Å². The minimum Gasteiger partial charge on any atom is -0.356 e. The van der Waals surface area contributed by atoms with Crippen LogP contribution in [0.4, 0.5) is 0 Å². The first-order chi connectivity index (χ1) is 12.0. The first-order valence-corrected chi connectivity index (χ1v) is 10.6. The smallest absolute Gasteiger partial charge is 0.0786 e. The molecule has 0 rings (SSSR count). The summed E-state index contributed by atoms with van der Waals surface area (Å²) in [6.07, 6.45) is 17.0. The zero-order valence-corrected chi connectivity index (χ0v) is 17.4. The Labute approximate surface area is 156 Å². The van der Waals surface area contributed by atoms with E-state index in [1.165, 1.54) is 108 Å². The first-order valence-electron chi connectivity index (χ1n) is 10.6. The molecule has 0 aliphatic rings. The SMILES string of the molecule is CCCCCCCC[N+](CCCC)(CCCC)CCCC.O=[N+]([O-])[O-]. The van der Waals surface area contributed by atoms with Gasteiger partial charge in [-0.2, -0.15) is 0 Å². The zero-order chi connectivity index (χ0) is 19.4. The molecule has 0 aliphatic carbocycles. The van der Waals surface area contributed by atoms with Crippen LogP contribution in [0.25, 0.3) is 0 Å². The molecular formula is C20H44N2O3. The third-order valence-electron chi connectivity index (χ3n) is 4.94. The summed E-state index contributed by atoms with van der Waals surface area (Å²) in [5.74, 6) is 0. The van der Waals surface area contributed by atoms with Crippen molar-refractivity contribution < 1.29 is 9.57 Å². The topological polar surface area (TPSA) is 66.2 Å². The van der Waals surface area contributed by atoms with Crippen LogP contribution in [0, 0.1) is 15.3 Å². The van der Waals surface area contributed by atoms with Crippen molar-refractivity contribution in [3.63, 3.8) is 0 Å². The molecule has 5 nitrogen and oxygen atoms in total. The Morgan fingerprint density at radius 2 is 0.840 bits per heavy atom. The predicted octanol–water partition coefficient (Wildman–Crippen LogP) is 6.32. The van der Waals surface area contributed by atoms with Gasteiger partial charge >= 0.3 is 0 Å². The molecule has 25 heavy (non-hydrogen) atoms. The van der Waals surface area contributed by atoms with E-state index in [1.54, 1.807) is 0 Å². The highest BCUT2D eigenvalue weighted by atomic mass is 16.9. The van der Waals surface area contributed by atoms with E-state index in [2.05, 4.69) is 27.7 Å². The largest absolute Gasteiger partial charge is 0.356 e. The highest BCUT2D eigenvalue weighted by molar-refractivity contribution is 4.51. The maximum absolute atomic E-state index is 8.25. The molecule has 0 fully saturated rings. The van der Waals surface area contributed by atoms with Gasteiger partial charge in [0.2, 0.25) is 0 Å². The summed E-state index contributed by atoms with van der Waals surface area (Å²) in [5, 5.41) is 14.8. The zero-order valence-electron chi connectivity index (χ0n) is 17.4. The van der Waals surface area contributed by atoms with Crippen molar-refractivity contribution in [2.75, 3.05) is 26.2 Å². The second-order valence-corrected chi connectivity index (χ2v) is 7.29. The van der Waals surface area contributed by atoms with Crippen molar-refractivity contribution in [3.8, 4) is 0 Å². The van der Waals surface area contributed by atoms with Crippen molar-refractivity contribution in [2.24, 2.45) is 0 Å². The molecule has 0 spiro atoms. The lowest BCUT2D eigenvalue weighted by Crippen LogP contribution is -2.50. The normalized spacial score (nSPS) is 11.0. The van der Waals surface area contributed by atoms with E-state index in [0.717, 1.165) is 0 Å². The second kappa shape index (κ2) is 19.5. The predicted molar refractivity (Wildman–Crippen MR) is 108 cm³/mol. The lowest BCUT2D eigenvalue weighted by atomic mass is 10.1. The number of unbranched alkanes of at least 4 members (excludes halogenated alkanes) is 8. The summed E-state index contributed by atoms with van der Waals surface area (Å²) in [6.45, 7) is 15.1. The fourth-order valence-electron chi connectivity index (χ4n) is 3.38. The molecule has 0 aliphatic heterocycles. The van der Waals surface area contributed by atoms with Crippen molar-refractivity contribution in [1.82, 2.24) is 0 Å². The Balaban J connectivity index is 0. The van der Waals surface area contributed by atoms with E-state index in [0.29, 0.717) is 0 Å². The maximum Gasteiger partial charge on any atom is 0.0786 e. The third kappa shape index (κ3) is 19.3. The van der Waals surface area contributed by atoms with E-state index in [1.807, 2.05) is 0 Å². The highest BCUT2D eigenvalue weighted by Crippen LogP contribution is 2.17. The van der Waals surface area contributed by atoms with Crippen LogP contribution in [0.15, 0.2) is 0 Å². The molecule has 0 bridgehead atoms. The van der Waals surface area contributed by atoms with Crippen LogP contribution < -0.4 is 0 Å². The number of quaternary nitrogens is 1. The molecule has 0 N–H and O–H groups in total. The Morgan fingerprint density at radius 1 is 0.560 bits per heavy atom. The summed E-state index contributed by atoms with van der Waals surface area (Å²) >= 11 is 0. The quantitative estimate of drug-likeness (QED) is 0.140. The Morgan fingerprint density at radius 3 is 1.20 bits per heavy atom. The van der Waals surface area contributed by atoms with Crippen LogP contribution in [0.2, 0.25) is 0 Å². The molecule has 0 amide bonds. The number of rotatable bonds is 16. The van der Waals surface area contributed by atoms with Crippen LogP contribution in [0.3, 0.4) is 0 Å². The van der Waals surface area contributed by atoms with Gasteiger partial charge in [-0.3, -0.25) is 0 Å². The molecule has 0 saturated carbocycles. The molecule has 0 heterocycles. The van der Waals surface area contributed by atoms with Gasteiger partial charge in [0.15, 0.2) is 0 Å². The van der Waals surface area contributed by atoms with Crippen LogP contribution in [-0.2, 0) is 0 Å². The molecule has 0 saturated heterocycles. The lowest BCUT2D eigenvalue weighted by molar-refractivity contribution is -0.929. The standard InChI is InChI=1S/C20H44N.NO3/c1-5-9-13-14-15-16-20-21(17-10-6-2,18-11-7-3)19-12-8-4;2-1(3)4/h5-20H2,1-4H3;/q+1;-1. The summed E-state index contributed by atoms with van der Waals surface area (Å²) in [4.78, 5) is 8.25. The Hall–Kier alpha value is -0.840. The van der Waals surface area contributed by atoms with Gasteiger partial charge in [-0.15, -0.1) is 0 Å². The molecule has 152 valence electrons. The van der Waals surface area contributed by atoms with E-state index >= 15 is 0 Å². The number of nitrogens with zero attached hydrogens (tertiary/aromatic N) is 2. The number of hydrogen-bond donors (Lipinski definition) is 0. The molecule has 0 aromatic heterocycles. The summed E-state index contributed by atoms with van der Waals surface area (Å²) in [5.41, 5.74) is 0. The van der Waals surface area contributed by atoms with Gasteiger partial charge in [-0.1, -0.05) is 72.6 Å². The monoisotopic (exact) mass is 360 g/mol. The molecule has 0 aromatic rings. The highest BCUT2D eigenvalue weighted by Gasteiger charge is 2.24. The number of hydrogen-bond acceptors (Lipinski definition) is 3.